The van der Waals surface area contributed by atoms with Crippen molar-refractivity contribution in [3.63, 3.8) is 0 Å². The minimum atomic E-state index is -1.18. The van der Waals surface area contributed by atoms with Gasteiger partial charge >= 0.3 is 5.97 Å². The van der Waals surface area contributed by atoms with Crippen LogP contribution in [0.1, 0.15) is 17.3 Å². The van der Waals surface area contributed by atoms with E-state index < -0.39 is 11.4 Å². The molecule has 0 radical (unpaired) electrons. The van der Waals surface area contributed by atoms with Crippen LogP contribution in [-0.2, 0) is 6.54 Å². The van der Waals surface area contributed by atoms with Crippen molar-refractivity contribution < 1.29 is 9.90 Å². The summed E-state index contributed by atoms with van der Waals surface area (Å²) in [4.78, 5) is 21.4. The lowest BCUT2D eigenvalue weighted by Crippen LogP contribution is -2.16. The van der Waals surface area contributed by atoms with Gasteiger partial charge < -0.3 is 9.67 Å². The number of aryl methyl sites for hydroxylation is 1. The molecule has 0 bridgehead atoms. The zero-order valence-electron chi connectivity index (χ0n) is 6.65. The highest BCUT2D eigenvalue weighted by molar-refractivity contribution is 5.86. The molecule has 0 aliphatic carbocycles. The Morgan fingerprint density at radius 3 is 2.83 bits per heavy atom. The van der Waals surface area contributed by atoms with Gasteiger partial charge in [-0.3, -0.25) is 4.79 Å². The molecule has 1 aromatic rings. The normalized spacial score (nSPS) is 9.75. The molecule has 1 heterocycles. The van der Waals surface area contributed by atoms with Crippen LogP contribution in [-0.4, -0.2) is 15.6 Å². The van der Waals surface area contributed by atoms with E-state index in [9.17, 15) is 9.59 Å². The van der Waals surface area contributed by atoms with Crippen molar-refractivity contribution in [2.45, 2.75) is 13.5 Å². The molecule has 12 heavy (non-hydrogen) atoms. The summed E-state index contributed by atoms with van der Waals surface area (Å²) in [5.74, 6) is -1.18. The molecule has 1 rings (SSSR count). The van der Waals surface area contributed by atoms with Gasteiger partial charge in [-0.15, -0.1) is 0 Å². The summed E-state index contributed by atoms with van der Waals surface area (Å²) < 4.78 is 1.64. The van der Waals surface area contributed by atoms with Crippen LogP contribution in [0, 0.1) is 0 Å². The van der Waals surface area contributed by atoms with E-state index in [1.54, 1.807) is 10.8 Å². The average molecular weight is 167 g/mol. The number of carboxylic acids is 1. The fraction of sp³-hybridized carbons (Fsp3) is 0.250. The van der Waals surface area contributed by atoms with Crippen LogP contribution in [0.5, 0.6) is 0 Å². The van der Waals surface area contributed by atoms with Gasteiger partial charge in [-0.05, 0) is 6.92 Å². The number of aromatic carboxylic acids is 1. The highest BCUT2D eigenvalue weighted by atomic mass is 16.4. The summed E-state index contributed by atoms with van der Waals surface area (Å²) in [6, 6.07) is 1.26. The molecule has 0 saturated heterocycles. The van der Waals surface area contributed by atoms with E-state index in [-0.39, 0.29) is 5.56 Å². The zero-order chi connectivity index (χ0) is 9.14. The van der Waals surface area contributed by atoms with Crippen LogP contribution in [0.4, 0.5) is 0 Å². The molecule has 64 valence electrons. The van der Waals surface area contributed by atoms with Gasteiger partial charge in [-0.25, -0.2) is 4.79 Å². The molecule has 4 heteroatoms. The number of pyridine rings is 1. The molecule has 0 amide bonds. The predicted octanol–water partition coefficient (Wildman–Crippen LogP) is 0.566. The predicted molar refractivity (Wildman–Crippen MR) is 43.3 cm³/mol. The number of carboxylic acid groups (broad SMARTS) is 1. The first-order valence-corrected chi connectivity index (χ1v) is 3.58. The lowest BCUT2D eigenvalue weighted by molar-refractivity contribution is 0.0694. The fourth-order valence-corrected chi connectivity index (χ4v) is 0.883. The maximum absolute atomic E-state index is 10.9. The molecule has 0 unspecified atom stereocenters. The van der Waals surface area contributed by atoms with Crippen molar-refractivity contribution in [2.24, 2.45) is 0 Å². The first kappa shape index (κ1) is 8.52. The van der Waals surface area contributed by atoms with Crippen LogP contribution in [0.2, 0.25) is 0 Å². The average Bonchev–Trinajstić information content (AvgIpc) is 2.05. The third kappa shape index (κ3) is 1.53. The Hall–Kier alpha value is -1.58. The maximum Gasteiger partial charge on any atom is 0.341 e. The third-order valence-electron chi connectivity index (χ3n) is 1.57. The van der Waals surface area contributed by atoms with E-state index in [2.05, 4.69) is 0 Å². The minimum absolute atomic E-state index is 0.181. The van der Waals surface area contributed by atoms with Crippen LogP contribution < -0.4 is 5.43 Å². The number of hydrogen-bond acceptors (Lipinski definition) is 2. The van der Waals surface area contributed by atoms with Gasteiger partial charge in [0, 0.05) is 25.0 Å². The lowest BCUT2D eigenvalue weighted by Gasteiger charge is -2.01. The SMILES string of the molecule is CCn1ccc(=O)c(C(=O)O)c1. The van der Waals surface area contributed by atoms with Crippen LogP contribution >= 0.6 is 0 Å². The second kappa shape index (κ2) is 3.21. The molecule has 0 aromatic carbocycles. The van der Waals surface area contributed by atoms with Gasteiger partial charge in [0.1, 0.15) is 5.56 Å². The highest BCUT2D eigenvalue weighted by Gasteiger charge is 2.06. The summed E-state index contributed by atoms with van der Waals surface area (Å²) in [6.45, 7) is 2.52. The molecule has 0 spiro atoms. The first-order chi connectivity index (χ1) is 5.65. The summed E-state index contributed by atoms with van der Waals surface area (Å²) >= 11 is 0. The summed E-state index contributed by atoms with van der Waals surface area (Å²) in [5, 5.41) is 8.57. The number of hydrogen-bond donors (Lipinski definition) is 1. The Kier molecular flexibility index (Phi) is 2.28. The minimum Gasteiger partial charge on any atom is -0.477 e. The molecular formula is C8H9NO3. The van der Waals surface area contributed by atoms with Crippen LogP contribution in [0.25, 0.3) is 0 Å². The monoisotopic (exact) mass is 167 g/mol. The topological polar surface area (TPSA) is 59.3 Å². The molecule has 0 aliphatic heterocycles. The van der Waals surface area contributed by atoms with Gasteiger partial charge in [0.25, 0.3) is 0 Å². The highest BCUT2D eigenvalue weighted by Crippen LogP contribution is 1.92. The Bertz CT molecular complexity index is 354. The van der Waals surface area contributed by atoms with E-state index in [0.717, 1.165) is 0 Å². The van der Waals surface area contributed by atoms with E-state index >= 15 is 0 Å². The van der Waals surface area contributed by atoms with Gasteiger partial charge in [0.2, 0.25) is 0 Å². The van der Waals surface area contributed by atoms with Crippen molar-refractivity contribution in [3.8, 4) is 0 Å². The van der Waals surface area contributed by atoms with Gasteiger partial charge in [0.05, 0.1) is 0 Å². The zero-order valence-corrected chi connectivity index (χ0v) is 6.65. The van der Waals surface area contributed by atoms with E-state index in [1.807, 2.05) is 6.92 Å². The molecule has 0 aliphatic rings. The Labute approximate surface area is 69.1 Å². The fourth-order valence-electron chi connectivity index (χ4n) is 0.883. The lowest BCUT2D eigenvalue weighted by atomic mass is 10.3. The van der Waals surface area contributed by atoms with Crippen molar-refractivity contribution in [2.75, 3.05) is 0 Å². The molecule has 0 atom stereocenters. The van der Waals surface area contributed by atoms with Crippen molar-refractivity contribution in [1.82, 2.24) is 4.57 Å². The molecule has 1 aromatic heterocycles. The first-order valence-electron chi connectivity index (χ1n) is 3.58. The quantitative estimate of drug-likeness (QED) is 0.700. The van der Waals surface area contributed by atoms with E-state index in [4.69, 9.17) is 5.11 Å². The van der Waals surface area contributed by atoms with Crippen LogP contribution in [0.3, 0.4) is 0 Å². The largest absolute Gasteiger partial charge is 0.477 e. The number of rotatable bonds is 2. The van der Waals surface area contributed by atoms with E-state index in [0.29, 0.717) is 6.54 Å². The summed E-state index contributed by atoms with van der Waals surface area (Å²) in [7, 11) is 0. The molecule has 0 fully saturated rings. The molecule has 4 nitrogen and oxygen atoms in total. The second-order valence-electron chi connectivity index (χ2n) is 2.36. The van der Waals surface area contributed by atoms with Gasteiger partial charge in [-0.1, -0.05) is 0 Å². The Morgan fingerprint density at radius 1 is 1.67 bits per heavy atom. The third-order valence-corrected chi connectivity index (χ3v) is 1.57. The van der Waals surface area contributed by atoms with Crippen molar-refractivity contribution in [3.05, 3.63) is 34.2 Å². The Morgan fingerprint density at radius 2 is 2.33 bits per heavy atom. The standard InChI is InChI=1S/C8H9NO3/c1-2-9-4-3-7(10)6(5-9)8(11)12/h3-5H,2H2,1H3,(H,11,12). The number of carbonyl (C=O) groups is 1. The van der Waals surface area contributed by atoms with Gasteiger partial charge in [0.15, 0.2) is 5.43 Å². The Balaban J connectivity index is 3.26. The molecular weight excluding hydrogens is 158 g/mol. The summed E-state index contributed by atoms with van der Waals surface area (Å²) in [6.07, 6.45) is 2.90. The summed E-state index contributed by atoms with van der Waals surface area (Å²) in [5.41, 5.74) is -0.633. The maximum atomic E-state index is 10.9. The van der Waals surface area contributed by atoms with Crippen molar-refractivity contribution >= 4 is 5.97 Å². The van der Waals surface area contributed by atoms with E-state index in [1.165, 1.54) is 12.3 Å². The molecule has 1 N–H and O–H groups in total. The molecule has 0 saturated carbocycles. The smallest absolute Gasteiger partial charge is 0.341 e. The number of aromatic nitrogens is 1. The number of nitrogens with zero attached hydrogens (tertiary/aromatic N) is 1. The second-order valence-corrected chi connectivity index (χ2v) is 2.36. The van der Waals surface area contributed by atoms with Crippen LogP contribution in [0.15, 0.2) is 23.3 Å². The van der Waals surface area contributed by atoms with Gasteiger partial charge in [-0.2, -0.15) is 0 Å². The van der Waals surface area contributed by atoms with Crippen molar-refractivity contribution in [1.29, 1.82) is 0 Å².